The molecule has 19 heavy (non-hydrogen) atoms. The second kappa shape index (κ2) is 7.71. The van der Waals surface area contributed by atoms with E-state index in [1.54, 1.807) is 6.20 Å². The van der Waals surface area contributed by atoms with Gasteiger partial charge in [-0.2, -0.15) is 0 Å². The first-order valence-electron chi connectivity index (χ1n) is 7.14. The van der Waals surface area contributed by atoms with Crippen molar-refractivity contribution in [2.45, 2.75) is 53.1 Å². The summed E-state index contributed by atoms with van der Waals surface area (Å²) in [5, 5.41) is 0.653. The molecule has 0 fully saturated rings. The Hall–Kier alpha value is -0.800. The van der Waals surface area contributed by atoms with Gasteiger partial charge in [0.2, 0.25) is 0 Å². The van der Waals surface area contributed by atoms with Gasteiger partial charge in [0, 0.05) is 25.3 Å². The largest absolute Gasteiger partial charge is 0.353 e. The van der Waals surface area contributed by atoms with Gasteiger partial charge in [0.25, 0.3) is 0 Å². The van der Waals surface area contributed by atoms with Crippen LogP contribution in [0.1, 0.15) is 46.1 Å². The fourth-order valence-electron chi connectivity index (χ4n) is 2.33. The molecule has 4 heteroatoms. The van der Waals surface area contributed by atoms with Gasteiger partial charge in [-0.15, -0.1) is 0 Å². The second-order valence-electron chi connectivity index (χ2n) is 5.35. The highest BCUT2D eigenvalue weighted by Crippen LogP contribution is 2.24. The zero-order chi connectivity index (χ0) is 14.4. The molecule has 2 N–H and O–H groups in total. The number of nitrogens with zero attached hydrogens (tertiary/aromatic N) is 2. The first-order chi connectivity index (χ1) is 9.03. The first kappa shape index (κ1) is 16.3. The lowest BCUT2D eigenvalue weighted by Crippen LogP contribution is -2.38. The van der Waals surface area contributed by atoms with Crippen LogP contribution in [0.5, 0.6) is 0 Å². The van der Waals surface area contributed by atoms with E-state index in [9.17, 15) is 0 Å². The SMILES string of the molecule is CCC(CC)N(CC(C)C)c1cc(CN)c(Cl)cn1. The van der Waals surface area contributed by atoms with Crippen molar-refractivity contribution in [3.8, 4) is 0 Å². The molecule has 0 aliphatic carbocycles. The lowest BCUT2D eigenvalue weighted by Gasteiger charge is -2.33. The Labute approximate surface area is 122 Å². The average Bonchev–Trinajstić information content (AvgIpc) is 2.39. The maximum atomic E-state index is 6.09. The van der Waals surface area contributed by atoms with Crippen molar-refractivity contribution < 1.29 is 0 Å². The summed E-state index contributed by atoms with van der Waals surface area (Å²) in [5.41, 5.74) is 6.70. The molecule has 0 unspecified atom stereocenters. The Balaban J connectivity index is 3.08. The molecule has 0 saturated carbocycles. The third-order valence-corrected chi connectivity index (χ3v) is 3.72. The lowest BCUT2D eigenvalue weighted by atomic mass is 10.1. The smallest absolute Gasteiger partial charge is 0.129 e. The summed E-state index contributed by atoms with van der Waals surface area (Å²) in [4.78, 5) is 6.88. The second-order valence-corrected chi connectivity index (χ2v) is 5.76. The van der Waals surface area contributed by atoms with E-state index in [1.807, 2.05) is 6.07 Å². The van der Waals surface area contributed by atoms with Crippen molar-refractivity contribution in [2.24, 2.45) is 11.7 Å². The predicted molar refractivity (Wildman–Crippen MR) is 83.7 cm³/mol. The number of hydrogen-bond donors (Lipinski definition) is 1. The number of anilines is 1. The molecule has 0 amide bonds. The Morgan fingerprint density at radius 2 is 1.95 bits per heavy atom. The standard InChI is InChI=1S/C15H26ClN3/c1-5-13(6-2)19(10-11(3)4)15-7-12(8-17)14(16)9-18-15/h7,9,11,13H,5-6,8,10,17H2,1-4H3. The monoisotopic (exact) mass is 283 g/mol. The number of halogens is 1. The van der Waals surface area contributed by atoms with E-state index in [4.69, 9.17) is 17.3 Å². The molecule has 1 heterocycles. The van der Waals surface area contributed by atoms with Gasteiger partial charge in [-0.25, -0.2) is 4.98 Å². The third kappa shape index (κ3) is 4.36. The topological polar surface area (TPSA) is 42.1 Å². The summed E-state index contributed by atoms with van der Waals surface area (Å²) in [6, 6.07) is 2.55. The molecule has 0 spiro atoms. The van der Waals surface area contributed by atoms with E-state index in [0.717, 1.165) is 30.8 Å². The fourth-order valence-corrected chi connectivity index (χ4v) is 2.51. The van der Waals surface area contributed by atoms with Crippen LogP contribution in [-0.2, 0) is 6.54 Å². The van der Waals surface area contributed by atoms with Crippen LogP contribution in [0.4, 0.5) is 5.82 Å². The van der Waals surface area contributed by atoms with Crippen molar-refractivity contribution >= 4 is 17.4 Å². The summed E-state index contributed by atoms with van der Waals surface area (Å²) in [5.74, 6) is 1.59. The van der Waals surface area contributed by atoms with E-state index >= 15 is 0 Å². The van der Waals surface area contributed by atoms with Crippen LogP contribution in [-0.4, -0.2) is 17.6 Å². The molecule has 0 saturated heterocycles. The molecule has 0 aliphatic heterocycles. The summed E-state index contributed by atoms with van der Waals surface area (Å²) < 4.78 is 0. The van der Waals surface area contributed by atoms with Gasteiger partial charge >= 0.3 is 0 Å². The van der Waals surface area contributed by atoms with Crippen molar-refractivity contribution in [3.63, 3.8) is 0 Å². The van der Waals surface area contributed by atoms with Crippen LogP contribution in [0, 0.1) is 5.92 Å². The maximum Gasteiger partial charge on any atom is 0.129 e. The molecule has 1 aromatic heterocycles. The molecule has 3 nitrogen and oxygen atoms in total. The van der Waals surface area contributed by atoms with Crippen LogP contribution in [0.15, 0.2) is 12.3 Å². The fraction of sp³-hybridized carbons (Fsp3) is 0.667. The molecule has 0 aromatic carbocycles. The lowest BCUT2D eigenvalue weighted by molar-refractivity contribution is 0.503. The normalized spacial score (nSPS) is 11.4. The zero-order valence-electron chi connectivity index (χ0n) is 12.5. The minimum atomic E-state index is 0.451. The maximum absolute atomic E-state index is 6.09. The molecule has 0 atom stereocenters. The summed E-state index contributed by atoms with van der Waals surface area (Å²) in [7, 11) is 0. The van der Waals surface area contributed by atoms with E-state index in [1.165, 1.54) is 0 Å². The van der Waals surface area contributed by atoms with E-state index in [2.05, 4.69) is 37.6 Å². The van der Waals surface area contributed by atoms with Gasteiger partial charge in [0.1, 0.15) is 5.82 Å². The molecule has 1 rings (SSSR count). The zero-order valence-corrected chi connectivity index (χ0v) is 13.2. The number of hydrogen-bond acceptors (Lipinski definition) is 3. The van der Waals surface area contributed by atoms with Crippen molar-refractivity contribution in [1.29, 1.82) is 0 Å². The molecule has 0 aliphatic rings. The van der Waals surface area contributed by atoms with Gasteiger partial charge in [-0.3, -0.25) is 0 Å². The number of aromatic nitrogens is 1. The highest BCUT2D eigenvalue weighted by atomic mass is 35.5. The van der Waals surface area contributed by atoms with E-state index in [-0.39, 0.29) is 0 Å². The Kier molecular flexibility index (Phi) is 6.59. The molecule has 0 radical (unpaired) electrons. The Morgan fingerprint density at radius 1 is 1.32 bits per heavy atom. The van der Waals surface area contributed by atoms with Crippen LogP contribution < -0.4 is 10.6 Å². The van der Waals surface area contributed by atoms with E-state index < -0.39 is 0 Å². The Morgan fingerprint density at radius 3 is 2.42 bits per heavy atom. The minimum Gasteiger partial charge on any atom is -0.353 e. The highest BCUT2D eigenvalue weighted by molar-refractivity contribution is 6.31. The van der Waals surface area contributed by atoms with Gasteiger partial charge in [0.15, 0.2) is 0 Å². The van der Waals surface area contributed by atoms with Crippen LogP contribution in [0.3, 0.4) is 0 Å². The van der Waals surface area contributed by atoms with Gasteiger partial charge in [0.05, 0.1) is 5.02 Å². The van der Waals surface area contributed by atoms with Gasteiger partial charge in [-0.1, -0.05) is 39.3 Å². The van der Waals surface area contributed by atoms with E-state index in [0.29, 0.717) is 23.5 Å². The van der Waals surface area contributed by atoms with Crippen LogP contribution in [0.2, 0.25) is 5.02 Å². The van der Waals surface area contributed by atoms with Gasteiger partial charge in [-0.05, 0) is 30.4 Å². The van der Waals surface area contributed by atoms with Gasteiger partial charge < -0.3 is 10.6 Å². The van der Waals surface area contributed by atoms with Crippen LogP contribution in [0.25, 0.3) is 0 Å². The van der Waals surface area contributed by atoms with Crippen molar-refractivity contribution in [1.82, 2.24) is 4.98 Å². The first-order valence-corrected chi connectivity index (χ1v) is 7.52. The summed E-state index contributed by atoms with van der Waals surface area (Å²) >= 11 is 6.09. The van der Waals surface area contributed by atoms with Crippen LogP contribution >= 0.6 is 11.6 Å². The Bertz CT molecular complexity index is 389. The molecule has 108 valence electrons. The predicted octanol–water partition coefficient (Wildman–Crippen LogP) is 3.84. The minimum absolute atomic E-state index is 0.451. The van der Waals surface area contributed by atoms with Crippen molar-refractivity contribution in [2.75, 3.05) is 11.4 Å². The molecule has 1 aromatic rings. The quantitative estimate of drug-likeness (QED) is 0.826. The average molecular weight is 284 g/mol. The number of rotatable bonds is 7. The number of pyridine rings is 1. The third-order valence-electron chi connectivity index (χ3n) is 3.38. The van der Waals surface area contributed by atoms with Crippen molar-refractivity contribution in [3.05, 3.63) is 22.8 Å². The summed E-state index contributed by atoms with van der Waals surface area (Å²) in [6.07, 6.45) is 3.95. The summed E-state index contributed by atoms with van der Waals surface area (Å²) in [6.45, 7) is 10.4. The molecular formula is C15H26ClN3. The number of nitrogens with two attached hydrogens (primary N) is 1. The molecule has 0 bridgehead atoms. The molecular weight excluding hydrogens is 258 g/mol. The highest BCUT2D eigenvalue weighted by Gasteiger charge is 2.18.